The standard InChI is InChI=1S/C36H38N4O8/c1-45-27-13-5-23(6-14-27)37-33(41)21-31(35(43)39-25-9-17-29(47-3)18-10-25)32(36(44)40-26-11-19-30(48-4)20-12-26)22-34(42)38-24-7-15-28(46-2)16-8-24/h5-20,31-32H,21-22H2,1-4H3,(H,37,41)(H,38,42)(H,39,43)(H,40,44). The minimum absolute atomic E-state index is 0.412. The number of methoxy groups -OCH3 is 4. The molecule has 0 spiro atoms. The molecule has 12 heteroatoms. The van der Waals surface area contributed by atoms with Gasteiger partial charge in [0.2, 0.25) is 23.6 Å². The third-order valence-corrected chi connectivity index (χ3v) is 7.43. The van der Waals surface area contributed by atoms with Crippen LogP contribution in [0.4, 0.5) is 22.7 Å². The van der Waals surface area contributed by atoms with E-state index >= 15 is 0 Å². The van der Waals surface area contributed by atoms with E-state index in [1.54, 1.807) is 97.1 Å². The summed E-state index contributed by atoms with van der Waals surface area (Å²) in [5.41, 5.74) is 1.76. The molecule has 12 nitrogen and oxygen atoms in total. The second-order valence-corrected chi connectivity index (χ2v) is 10.6. The zero-order valence-electron chi connectivity index (χ0n) is 27.1. The molecule has 0 radical (unpaired) electrons. The van der Waals surface area contributed by atoms with E-state index in [2.05, 4.69) is 21.3 Å². The van der Waals surface area contributed by atoms with Crippen molar-refractivity contribution in [3.05, 3.63) is 97.1 Å². The number of carbonyl (C=O) groups is 4. The number of ether oxygens (including phenoxy) is 4. The maximum Gasteiger partial charge on any atom is 0.228 e. The number of carbonyl (C=O) groups excluding carboxylic acids is 4. The van der Waals surface area contributed by atoms with E-state index < -0.39 is 48.3 Å². The maximum absolute atomic E-state index is 13.9. The Morgan fingerprint density at radius 2 is 0.646 bits per heavy atom. The normalized spacial score (nSPS) is 11.7. The molecular weight excluding hydrogens is 616 g/mol. The lowest BCUT2D eigenvalue weighted by atomic mass is 9.84. The number of rotatable bonds is 15. The van der Waals surface area contributed by atoms with Crippen molar-refractivity contribution in [2.24, 2.45) is 11.8 Å². The van der Waals surface area contributed by atoms with E-state index in [0.717, 1.165) is 0 Å². The zero-order chi connectivity index (χ0) is 34.5. The van der Waals surface area contributed by atoms with Crippen LogP contribution in [0.25, 0.3) is 0 Å². The Bertz CT molecular complexity index is 1550. The smallest absolute Gasteiger partial charge is 0.228 e. The predicted octanol–water partition coefficient (Wildman–Crippen LogP) is 5.59. The summed E-state index contributed by atoms with van der Waals surface area (Å²) in [5.74, 6) is -2.51. The van der Waals surface area contributed by atoms with Crippen LogP contribution in [0.2, 0.25) is 0 Å². The number of hydrogen-bond acceptors (Lipinski definition) is 8. The third-order valence-electron chi connectivity index (χ3n) is 7.43. The molecule has 2 atom stereocenters. The zero-order valence-corrected chi connectivity index (χ0v) is 27.1. The molecular formula is C36H38N4O8. The van der Waals surface area contributed by atoms with E-state index in [-0.39, 0.29) is 0 Å². The molecule has 0 bridgehead atoms. The Morgan fingerprint density at radius 1 is 0.417 bits per heavy atom. The topological polar surface area (TPSA) is 153 Å². The van der Waals surface area contributed by atoms with E-state index in [1.807, 2.05) is 0 Å². The third kappa shape index (κ3) is 9.98. The fraction of sp³-hybridized carbons (Fsp3) is 0.222. The molecule has 0 saturated heterocycles. The Morgan fingerprint density at radius 3 is 0.875 bits per heavy atom. The summed E-state index contributed by atoms with van der Waals surface area (Å²) >= 11 is 0. The van der Waals surface area contributed by atoms with E-state index in [0.29, 0.717) is 45.7 Å². The summed E-state index contributed by atoms with van der Waals surface area (Å²) in [6, 6.07) is 26.5. The fourth-order valence-corrected chi connectivity index (χ4v) is 4.83. The molecule has 48 heavy (non-hydrogen) atoms. The molecule has 2 unspecified atom stereocenters. The van der Waals surface area contributed by atoms with Gasteiger partial charge in [0.05, 0.1) is 40.3 Å². The van der Waals surface area contributed by atoms with Crippen LogP contribution in [0.5, 0.6) is 23.0 Å². The molecule has 0 fully saturated rings. The first kappa shape index (κ1) is 34.8. The van der Waals surface area contributed by atoms with E-state index in [1.165, 1.54) is 28.4 Å². The minimum Gasteiger partial charge on any atom is -0.497 e. The number of nitrogens with one attached hydrogen (secondary N) is 4. The number of amides is 4. The highest BCUT2D eigenvalue weighted by molar-refractivity contribution is 6.05. The fourth-order valence-electron chi connectivity index (χ4n) is 4.83. The molecule has 250 valence electrons. The largest absolute Gasteiger partial charge is 0.497 e. The summed E-state index contributed by atoms with van der Waals surface area (Å²) in [4.78, 5) is 54.7. The lowest BCUT2D eigenvalue weighted by molar-refractivity contribution is -0.134. The summed E-state index contributed by atoms with van der Waals surface area (Å²) in [7, 11) is 6.10. The van der Waals surface area contributed by atoms with Gasteiger partial charge in [-0.2, -0.15) is 0 Å². The first-order chi connectivity index (χ1) is 23.2. The van der Waals surface area contributed by atoms with Crippen LogP contribution >= 0.6 is 0 Å². The van der Waals surface area contributed by atoms with Gasteiger partial charge in [-0.1, -0.05) is 0 Å². The van der Waals surface area contributed by atoms with Gasteiger partial charge in [-0.3, -0.25) is 19.2 Å². The van der Waals surface area contributed by atoms with Crippen LogP contribution in [-0.2, 0) is 19.2 Å². The summed E-state index contributed by atoms with van der Waals surface area (Å²) < 4.78 is 20.8. The van der Waals surface area contributed by atoms with Crippen molar-refractivity contribution < 1.29 is 38.1 Å². The SMILES string of the molecule is COc1ccc(NC(=O)CC(C(=O)Nc2ccc(OC)cc2)C(CC(=O)Nc2ccc(OC)cc2)C(=O)Nc2ccc(OC)cc2)cc1. The highest BCUT2D eigenvalue weighted by Crippen LogP contribution is 2.28. The summed E-state index contributed by atoms with van der Waals surface area (Å²) in [6.07, 6.45) is -0.824. The first-order valence-corrected chi connectivity index (χ1v) is 15.0. The van der Waals surface area contributed by atoms with Gasteiger partial charge >= 0.3 is 0 Å². The molecule has 4 N–H and O–H groups in total. The van der Waals surface area contributed by atoms with E-state index in [9.17, 15) is 19.2 Å². The summed E-state index contributed by atoms with van der Waals surface area (Å²) in [5, 5.41) is 11.1. The van der Waals surface area contributed by atoms with Gasteiger partial charge in [-0.25, -0.2) is 0 Å². The molecule has 0 aliphatic rings. The Balaban J connectivity index is 1.64. The van der Waals surface area contributed by atoms with Crippen LogP contribution in [0.3, 0.4) is 0 Å². The summed E-state index contributed by atoms with van der Waals surface area (Å²) in [6.45, 7) is 0. The second kappa shape index (κ2) is 17.0. The molecule has 4 rings (SSSR count). The maximum atomic E-state index is 13.9. The molecule has 4 amide bonds. The highest BCUT2D eigenvalue weighted by Gasteiger charge is 2.37. The highest BCUT2D eigenvalue weighted by atomic mass is 16.5. The Hall–Kier alpha value is -6.04. The second-order valence-electron chi connectivity index (χ2n) is 10.6. The van der Waals surface area contributed by atoms with Crippen molar-refractivity contribution >= 4 is 46.4 Å². The average Bonchev–Trinajstić information content (AvgIpc) is 3.11. The Kier molecular flexibility index (Phi) is 12.4. The van der Waals surface area contributed by atoms with Crippen molar-refractivity contribution in [2.45, 2.75) is 12.8 Å². The van der Waals surface area contributed by atoms with Gasteiger partial charge in [0.15, 0.2) is 0 Å². The van der Waals surface area contributed by atoms with Crippen molar-refractivity contribution in [1.82, 2.24) is 0 Å². The molecule has 4 aromatic carbocycles. The van der Waals surface area contributed by atoms with Gasteiger partial charge < -0.3 is 40.2 Å². The average molecular weight is 655 g/mol. The van der Waals surface area contributed by atoms with Crippen molar-refractivity contribution in [3.8, 4) is 23.0 Å². The number of benzene rings is 4. The first-order valence-electron chi connectivity index (χ1n) is 15.0. The molecule has 0 aromatic heterocycles. The van der Waals surface area contributed by atoms with Crippen LogP contribution in [-0.4, -0.2) is 52.1 Å². The van der Waals surface area contributed by atoms with Gasteiger partial charge in [-0.05, 0) is 97.1 Å². The van der Waals surface area contributed by atoms with Crippen LogP contribution in [0, 0.1) is 11.8 Å². The molecule has 0 saturated carbocycles. The number of anilines is 4. The van der Waals surface area contributed by atoms with Crippen LogP contribution in [0.1, 0.15) is 12.8 Å². The lowest BCUT2D eigenvalue weighted by Gasteiger charge is -2.25. The molecule has 4 aromatic rings. The van der Waals surface area contributed by atoms with Crippen molar-refractivity contribution in [1.29, 1.82) is 0 Å². The van der Waals surface area contributed by atoms with Crippen molar-refractivity contribution in [3.63, 3.8) is 0 Å². The van der Waals surface area contributed by atoms with Gasteiger partial charge in [0.1, 0.15) is 23.0 Å². The Labute approximate surface area is 278 Å². The van der Waals surface area contributed by atoms with Crippen molar-refractivity contribution in [2.75, 3.05) is 49.7 Å². The predicted molar refractivity (Wildman–Crippen MR) is 183 cm³/mol. The quantitative estimate of drug-likeness (QED) is 0.129. The molecule has 0 aliphatic heterocycles. The van der Waals surface area contributed by atoms with Gasteiger partial charge in [-0.15, -0.1) is 0 Å². The van der Waals surface area contributed by atoms with Gasteiger partial charge in [0.25, 0.3) is 0 Å². The minimum atomic E-state index is -1.27. The number of hydrogen-bond donors (Lipinski definition) is 4. The monoisotopic (exact) mass is 654 g/mol. The lowest BCUT2D eigenvalue weighted by Crippen LogP contribution is -2.40. The van der Waals surface area contributed by atoms with Crippen LogP contribution < -0.4 is 40.2 Å². The molecule has 0 heterocycles. The molecule has 0 aliphatic carbocycles. The van der Waals surface area contributed by atoms with Gasteiger partial charge in [0, 0.05) is 35.6 Å². The van der Waals surface area contributed by atoms with E-state index in [4.69, 9.17) is 18.9 Å². The van der Waals surface area contributed by atoms with Crippen LogP contribution in [0.15, 0.2) is 97.1 Å².